The number of amides is 2. The average Bonchev–Trinajstić information content (AvgIpc) is 2.90. The van der Waals surface area contributed by atoms with E-state index in [2.05, 4.69) is 70.2 Å². The molecule has 0 saturated carbocycles. The van der Waals surface area contributed by atoms with Crippen LogP contribution >= 0.6 is 31.9 Å². The zero-order valence-electron chi connectivity index (χ0n) is 24.5. The summed E-state index contributed by atoms with van der Waals surface area (Å²) in [7, 11) is 0. The van der Waals surface area contributed by atoms with Gasteiger partial charge in [-0.3, -0.25) is 9.59 Å². The number of hydrogen-bond acceptors (Lipinski definition) is 4. The third-order valence-corrected chi connectivity index (χ3v) is 7.44. The molecule has 2 rings (SSSR count). The SMILES string of the molecule is CC(C)CCOc1ccc(Br)cc1C(=O)NCCCCCCCCNC(=O)c1cc(Br)ccc1OCCC(C)C. The minimum Gasteiger partial charge on any atom is -0.493 e. The Balaban J connectivity index is 1.61. The number of nitrogens with one attached hydrogen (secondary N) is 2. The Morgan fingerprint density at radius 3 is 1.40 bits per heavy atom. The van der Waals surface area contributed by atoms with Crippen LogP contribution in [0.5, 0.6) is 11.5 Å². The molecule has 0 atom stereocenters. The van der Waals surface area contributed by atoms with Crippen LogP contribution in [0.3, 0.4) is 0 Å². The molecule has 0 bridgehead atoms. The first-order valence-electron chi connectivity index (χ1n) is 14.6. The van der Waals surface area contributed by atoms with E-state index in [-0.39, 0.29) is 11.8 Å². The number of hydrogen-bond donors (Lipinski definition) is 2. The summed E-state index contributed by atoms with van der Waals surface area (Å²) in [5.74, 6) is 2.16. The van der Waals surface area contributed by atoms with Crippen molar-refractivity contribution in [2.24, 2.45) is 11.8 Å². The van der Waals surface area contributed by atoms with Gasteiger partial charge in [-0.2, -0.15) is 0 Å². The lowest BCUT2D eigenvalue weighted by Gasteiger charge is -2.13. The number of ether oxygens (including phenoxy) is 2. The van der Waals surface area contributed by atoms with Crippen molar-refractivity contribution in [3.05, 3.63) is 56.5 Å². The van der Waals surface area contributed by atoms with E-state index in [9.17, 15) is 9.59 Å². The molecule has 0 fully saturated rings. The first kappa shape index (κ1) is 34.1. The Morgan fingerprint density at radius 2 is 1.02 bits per heavy atom. The van der Waals surface area contributed by atoms with Gasteiger partial charge < -0.3 is 20.1 Å². The van der Waals surface area contributed by atoms with Crippen molar-refractivity contribution >= 4 is 43.7 Å². The van der Waals surface area contributed by atoms with E-state index in [0.29, 0.717) is 60.8 Å². The lowest BCUT2D eigenvalue weighted by molar-refractivity contribution is 0.0939. The molecule has 0 aliphatic rings. The second kappa shape index (κ2) is 19.1. The van der Waals surface area contributed by atoms with Gasteiger partial charge in [-0.15, -0.1) is 0 Å². The quantitative estimate of drug-likeness (QED) is 0.146. The second-order valence-electron chi connectivity index (χ2n) is 11.0. The number of carbonyl (C=O) groups is 2. The van der Waals surface area contributed by atoms with Gasteiger partial charge in [-0.1, -0.05) is 85.2 Å². The van der Waals surface area contributed by atoms with Crippen molar-refractivity contribution in [1.82, 2.24) is 10.6 Å². The van der Waals surface area contributed by atoms with Crippen molar-refractivity contribution in [2.45, 2.75) is 79.1 Å². The Hall–Kier alpha value is -2.06. The molecule has 0 spiro atoms. The molecule has 0 aliphatic carbocycles. The van der Waals surface area contributed by atoms with Crippen LogP contribution in [-0.2, 0) is 0 Å². The third-order valence-electron chi connectivity index (χ3n) is 6.45. The maximum absolute atomic E-state index is 12.7. The van der Waals surface area contributed by atoms with Gasteiger partial charge in [0.05, 0.1) is 24.3 Å². The van der Waals surface area contributed by atoms with Crippen molar-refractivity contribution in [3.8, 4) is 11.5 Å². The van der Waals surface area contributed by atoms with Gasteiger partial charge in [0.1, 0.15) is 11.5 Å². The fourth-order valence-corrected chi connectivity index (χ4v) is 4.69. The fourth-order valence-electron chi connectivity index (χ4n) is 3.97. The van der Waals surface area contributed by atoms with Crippen LogP contribution in [0.4, 0.5) is 0 Å². The highest BCUT2D eigenvalue weighted by Gasteiger charge is 2.14. The van der Waals surface area contributed by atoms with Crippen LogP contribution in [0.25, 0.3) is 0 Å². The summed E-state index contributed by atoms with van der Waals surface area (Å²) in [5, 5.41) is 6.06. The minimum atomic E-state index is -0.101. The van der Waals surface area contributed by atoms with Crippen LogP contribution < -0.4 is 20.1 Å². The maximum atomic E-state index is 12.7. The van der Waals surface area contributed by atoms with E-state index < -0.39 is 0 Å². The molecule has 0 saturated heterocycles. The summed E-state index contributed by atoms with van der Waals surface area (Å²) >= 11 is 6.91. The Bertz CT molecular complexity index is 976. The van der Waals surface area contributed by atoms with Crippen LogP contribution in [-0.4, -0.2) is 38.1 Å². The normalized spacial score (nSPS) is 11.1. The molecule has 222 valence electrons. The molecule has 6 nitrogen and oxygen atoms in total. The molecule has 2 aromatic carbocycles. The minimum absolute atomic E-state index is 0.101. The third kappa shape index (κ3) is 13.5. The van der Waals surface area contributed by atoms with E-state index in [4.69, 9.17) is 9.47 Å². The smallest absolute Gasteiger partial charge is 0.255 e. The molecule has 0 aromatic heterocycles. The zero-order chi connectivity index (χ0) is 29.3. The first-order valence-corrected chi connectivity index (χ1v) is 16.2. The lowest BCUT2D eigenvalue weighted by atomic mass is 10.1. The molecular weight excluding hydrogens is 636 g/mol. The molecule has 2 aromatic rings. The number of carbonyl (C=O) groups excluding carboxylic acids is 2. The molecule has 2 amide bonds. The summed E-state index contributed by atoms with van der Waals surface area (Å²) in [5.41, 5.74) is 1.13. The van der Waals surface area contributed by atoms with Gasteiger partial charge in [-0.25, -0.2) is 0 Å². The van der Waals surface area contributed by atoms with Crippen molar-refractivity contribution < 1.29 is 19.1 Å². The van der Waals surface area contributed by atoms with Gasteiger partial charge in [0.2, 0.25) is 0 Å². The largest absolute Gasteiger partial charge is 0.493 e. The highest BCUT2D eigenvalue weighted by atomic mass is 79.9. The zero-order valence-corrected chi connectivity index (χ0v) is 27.7. The van der Waals surface area contributed by atoms with E-state index in [0.717, 1.165) is 60.3 Å². The van der Waals surface area contributed by atoms with E-state index >= 15 is 0 Å². The average molecular weight is 683 g/mol. The predicted molar refractivity (Wildman–Crippen MR) is 171 cm³/mol. The van der Waals surface area contributed by atoms with Crippen LogP contribution in [0.1, 0.15) is 99.8 Å². The molecule has 2 N–H and O–H groups in total. The lowest BCUT2D eigenvalue weighted by Crippen LogP contribution is -2.25. The molecule has 0 aliphatic heterocycles. The molecule has 0 heterocycles. The van der Waals surface area contributed by atoms with E-state index in [1.165, 1.54) is 0 Å². The first-order chi connectivity index (χ1) is 19.2. The molecule has 0 unspecified atom stereocenters. The second-order valence-corrected chi connectivity index (χ2v) is 12.8. The Kier molecular flexibility index (Phi) is 16.3. The highest BCUT2D eigenvalue weighted by Crippen LogP contribution is 2.25. The van der Waals surface area contributed by atoms with E-state index in [1.54, 1.807) is 0 Å². The standard InChI is InChI=1S/C32H46Br2N2O4/c1-23(2)15-19-39-29-13-11-25(33)21-27(29)31(37)35-17-9-7-5-6-8-10-18-36-32(38)28-22-26(34)12-14-30(28)40-20-16-24(3)4/h11-14,21-24H,5-10,15-20H2,1-4H3,(H,35,37)(H,36,38). The van der Waals surface area contributed by atoms with Crippen LogP contribution in [0, 0.1) is 11.8 Å². The van der Waals surface area contributed by atoms with Gasteiger partial charge in [-0.05, 0) is 73.9 Å². The summed E-state index contributed by atoms with van der Waals surface area (Å²) < 4.78 is 13.5. The predicted octanol–water partition coefficient (Wildman–Crippen LogP) is 8.56. The summed E-state index contributed by atoms with van der Waals surface area (Å²) in [6.45, 7) is 11.1. The topological polar surface area (TPSA) is 76.7 Å². The molecule has 40 heavy (non-hydrogen) atoms. The molecular formula is C32H46Br2N2O4. The number of rotatable bonds is 19. The summed E-state index contributed by atoms with van der Waals surface area (Å²) in [6, 6.07) is 11.1. The maximum Gasteiger partial charge on any atom is 0.255 e. The number of halogens is 2. The fraction of sp³-hybridized carbons (Fsp3) is 0.562. The van der Waals surface area contributed by atoms with Crippen LogP contribution in [0.15, 0.2) is 45.3 Å². The highest BCUT2D eigenvalue weighted by molar-refractivity contribution is 9.10. The monoisotopic (exact) mass is 680 g/mol. The summed E-state index contributed by atoms with van der Waals surface area (Å²) in [6.07, 6.45) is 8.07. The molecule has 8 heteroatoms. The Labute approximate surface area is 257 Å². The van der Waals surface area contributed by atoms with Crippen LogP contribution in [0.2, 0.25) is 0 Å². The number of unbranched alkanes of at least 4 members (excludes halogenated alkanes) is 5. The van der Waals surface area contributed by atoms with Crippen molar-refractivity contribution in [3.63, 3.8) is 0 Å². The van der Waals surface area contributed by atoms with E-state index in [1.807, 2.05) is 36.4 Å². The van der Waals surface area contributed by atoms with Gasteiger partial charge >= 0.3 is 0 Å². The van der Waals surface area contributed by atoms with Crippen molar-refractivity contribution in [2.75, 3.05) is 26.3 Å². The summed E-state index contributed by atoms with van der Waals surface area (Å²) in [4.78, 5) is 25.5. The van der Waals surface area contributed by atoms with Gasteiger partial charge in [0.15, 0.2) is 0 Å². The van der Waals surface area contributed by atoms with Crippen molar-refractivity contribution in [1.29, 1.82) is 0 Å². The van der Waals surface area contributed by atoms with Gasteiger partial charge in [0, 0.05) is 22.0 Å². The Morgan fingerprint density at radius 1 is 0.650 bits per heavy atom. The van der Waals surface area contributed by atoms with Gasteiger partial charge in [0.25, 0.3) is 11.8 Å². The number of benzene rings is 2. The molecule has 0 radical (unpaired) electrons.